The zero-order valence-electron chi connectivity index (χ0n) is 24.1. The number of nitrogens with zero attached hydrogens (tertiary/aromatic N) is 4. The lowest BCUT2D eigenvalue weighted by atomic mass is 10.1. The molecule has 0 amide bonds. The summed E-state index contributed by atoms with van der Waals surface area (Å²) in [6.07, 6.45) is 10.3. The van der Waals surface area contributed by atoms with E-state index >= 15 is 0 Å². The van der Waals surface area contributed by atoms with Crippen molar-refractivity contribution >= 4 is 5.95 Å². The topological polar surface area (TPSA) is 84.8 Å². The summed E-state index contributed by atoms with van der Waals surface area (Å²) >= 11 is 0. The zero-order chi connectivity index (χ0) is 27.6. The Morgan fingerprint density at radius 1 is 1.11 bits per heavy atom. The number of aliphatic hydroxyl groups is 1. The molecule has 0 radical (unpaired) electrons. The molecule has 3 rings (SSSR count). The molecule has 0 spiro atoms. The predicted molar refractivity (Wildman–Crippen MR) is 159 cm³/mol. The number of allylic oxidation sites excluding steroid dienone is 3. The largest absolute Gasteiger partial charge is 0.508 e. The molecule has 0 atom stereocenters. The maximum Gasteiger partial charge on any atom is 0.222 e. The van der Waals surface area contributed by atoms with Gasteiger partial charge in [0.15, 0.2) is 0 Å². The Balaban J connectivity index is 0.000000565. The normalized spacial score (nSPS) is 13.0. The summed E-state index contributed by atoms with van der Waals surface area (Å²) in [6, 6.07) is 7.04. The van der Waals surface area contributed by atoms with Gasteiger partial charge < -0.3 is 25.3 Å². The van der Waals surface area contributed by atoms with E-state index in [0.29, 0.717) is 5.95 Å². The summed E-state index contributed by atoms with van der Waals surface area (Å²) in [5, 5.41) is 20.8. The molecule has 0 fully saturated rings. The third-order valence-electron chi connectivity index (χ3n) is 6.24. The summed E-state index contributed by atoms with van der Waals surface area (Å²) in [6.45, 7) is 16.0. The summed E-state index contributed by atoms with van der Waals surface area (Å²) in [7, 11) is 3.96. The standard InChI is InChI=1S/C12H13N3O.C12H21N.C6H15NO.H2/c1-8-7-14-12(13-2)15-11(8)9-4-3-5-10(16)6-9;1-4-13(3)10-12-8-6-5-7-11(2)9-12;1-3-7(4-2)5-6-8;/h3-7,16H,1-2H3,(H,13,14,15);7,9H,4-6,8,10H2,1-3H3;8H,3-6H2,1-2H3;1H. The Morgan fingerprint density at radius 2 is 1.84 bits per heavy atom. The van der Waals surface area contributed by atoms with Gasteiger partial charge in [-0.1, -0.05) is 56.2 Å². The molecule has 0 saturated heterocycles. The fourth-order valence-corrected chi connectivity index (χ4v) is 3.88. The number of aromatic hydroxyl groups is 1. The van der Waals surface area contributed by atoms with E-state index in [0.717, 1.165) is 49.5 Å². The van der Waals surface area contributed by atoms with Gasteiger partial charge in [-0.3, -0.25) is 0 Å². The van der Waals surface area contributed by atoms with E-state index in [1.807, 2.05) is 13.0 Å². The number of anilines is 1. The third kappa shape index (κ3) is 12.9. The van der Waals surface area contributed by atoms with Crippen LogP contribution >= 0.6 is 0 Å². The molecular formula is C30H51N5O2. The van der Waals surface area contributed by atoms with Gasteiger partial charge >= 0.3 is 0 Å². The zero-order valence-corrected chi connectivity index (χ0v) is 24.1. The molecule has 0 bridgehead atoms. The van der Waals surface area contributed by atoms with E-state index in [-0.39, 0.29) is 13.8 Å². The first kappa shape index (κ1) is 32.3. The van der Waals surface area contributed by atoms with Crippen LogP contribution in [0.3, 0.4) is 0 Å². The number of phenolic OH excluding ortho intramolecular Hbond substituents is 1. The molecule has 7 heteroatoms. The Kier molecular flexibility index (Phi) is 16.1. The number of phenols is 1. The fourth-order valence-electron chi connectivity index (χ4n) is 3.88. The Hall–Kier alpha value is -2.74. The molecule has 0 unspecified atom stereocenters. The highest BCUT2D eigenvalue weighted by atomic mass is 16.3. The first-order chi connectivity index (χ1) is 17.8. The minimum atomic E-state index is 0. The van der Waals surface area contributed by atoms with Crippen LogP contribution in [-0.2, 0) is 0 Å². The van der Waals surface area contributed by atoms with E-state index in [1.54, 1.807) is 37.0 Å². The first-order valence-corrected chi connectivity index (χ1v) is 13.5. The molecular weight excluding hydrogens is 462 g/mol. The van der Waals surface area contributed by atoms with Crippen molar-refractivity contribution in [2.24, 2.45) is 0 Å². The monoisotopic (exact) mass is 513 g/mol. The molecule has 208 valence electrons. The van der Waals surface area contributed by atoms with Gasteiger partial charge in [-0.2, -0.15) is 0 Å². The van der Waals surface area contributed by atoms with Gasteiger partial charge in [-0.25, -0.2) is 9.97 Å². The number of likely N-dealkylation sites (N-methyl/N-ethyl adjacent to an activating group) is 2. The van der Waals surface area contributed by atoms with Gasteiger partial charge in [0.2, 0.25) is 5.95 Å². The Bertz CT molecular complexity index is 977. The lowest BCUT2D eigenvalue weighted by Gasteiger charge is -2.15. The highest BCUT2D eigenvalue weighted by Crippen LogP contribution is 2.24. The quantitative estimate of drug-likeness (QED) is 0.393. The second-order valence-corrected chi connectivity index (χ2v) is 9.25. The number of rotatable bonds is 9. The lowest BCUT2D eigenvalue weighted by molar-refractivity contribution is 0.208. The molecule has 2 aromatic rings. The van der Waals surface area contributed by atoms with Gasteiger partial charge in [0.1, 0.15) is 5.75 Å². The number of aromatic nitrogens is 2. The number of aliphatic hydroxyl groups excluding tert-OH is 1. The van der Waals surface area contributed by atoms with Gasteiger partial charge in [0.25, 0.3) is 0 Å². The molecule has 1 aliphatic rings. The summed E-state index contributed by atoms with van der Waals surface area (Å²) < 4.78 is 0. The van der Waals surface area contributed by atoms with Crippen LogP contribution in [0.4, 0.5) is 5.95 Å². The van der Waals surface area contributed by atoms with Crippen LogP contribution in [0, 0.1) is 6.92 Å². The highest BCUT2D eigenvalue weighted by Gasteiger charge is 2.06. The molecule has 1 aromatic heterocycles. The van der Waals surface area contributed by atoms with Gasteiger partial charge in [0.05, 0.1) is 12.3 Å². The van der Waals surface area contributed by atoms with Crippen molar-refractivity contribution in [1.82, 2.24) is 19.8 Å². The van der Waals surface area contributed by atoms with E-state index in [2.05, 4.69) is 72.0 Å². The number of benzene rings is 1. The van der Waals surface area contributed by atoms with Crippen LogP contribution in [0.5, 0.6) is 5.75 Å². The lowest BCUT2D eigenvalue weighted by Crippen LogP contribution is -2.25. The van der Waals surface area contributed by atoms with Crippen molar-refractivity contribution in [3.63, 3.8) is 0 Å². The van der Waals surface area contributed by atoms with Crippen molar-refractivity contribution in [3.8, 4) is 17.0 Å². The molecule has 0 aliphatic heterocycles. The van der Waals surface area contributed by atoms with Gasteiger partial charge in [-0.05, 0) is 77.5 Å². The smallest absolute Gasteiger partial charge is 0.222 e. The minimum absolute atomic E-state index is 0. The van der Waals surface area contributed by atoms with E-state index in [4.69, 9.17) is 5.11 Å². The molecule has 0 saturated carbocycles. The molecule has 37 heavy (non-hydrogen) atoms. The summed E-state index contributed by atoms with van der Waals surface area (Å²) in [4.78, 5) is 13.0. The van der Waals surface area contributed by atoms with E-state index in [1.165, 1.54) is 24.8 Å². The molecule has 1 aromatic carbocycles. The summed E-state index contributed by atoms with van der Waals surface area (Å²) in [5.74, 6) is 0.811. The maximum atomic E-state index is 9.43. The van der Waals surface area contributed by atoms with Crippen molar-refractivity contribution in [3.05, 3.63) is 59.3 Å². The second kappa shape index (κ2) is 18.5. The van der Waals surface area contributed by atoms with Crippen molar-refractivity contribution in [2.45, 2.75) is 53.9 Å². The highest BCUT2D eigenvalue weighted by molar-refractivity contribution is 5.65. The van der Waals surface area contributed by atoms with Crippen LogP contribution < -0.4 is 5.32 Å². The van der Waals surface area contributed by atoms with Crippen molar-refractivity contribution in [1.29, 1.82) is 0 Å². The Labute approximate surface area is 226 Å². The molecule has 7 nitrogen and oxygen atoms in total. The Morgan fingerprint density at radius 3 is 2.41 bits per heavy atom. The van der Waals surface area contributed by atoms with E-state index < -0.39 is 0 Å². The van der Waals surface area contributed by atoms with Crippen molar-refractivity contribution < 1.29 is 11.6 Å². The van der Waals surface area contributed by atoms with Crippen LogP contribution in [0.1, 0.15) is 53.9 Å². The van der Waals surface area contributed by atoms with Gasteiger partial charge in [0, 0.05) is 33.3 Å². The SMILES string of the molecule is CCN(C)CC1=CC(C)=CCCC1.CCN(CC)CCO.CNc1ncc(C)c(-c2cccc(O)c2)n1.[HH]. The number of hydrogen-bond acceptors (Lipinski definition) is 7. The third-order valence-corrected chi connectivity index (χ3v) is 6.24. The number of nitrogens with one attached hydrogen (secondary N) is 1. The predicted octanol–water partition coefficient (Wildman–Crippen LogP) is 5.76. The van der Waals surface area contributed by atoms with Crippen LogP contribution in [-0.4, -0.2) is 83.4 Å². The average molecular weight is 514 g/mol. The molecule has 1 aliphatic carbocycles. The summed E-state index contributed by atoms with van der Waals surface area (Å²) in [5.41, 5.74) is 5.73. The maximum absolute atomic E-state index is 9.43. The fraction of sp³-hybridized carbons (Fsp3) is 0.533. The first-order valence-electron chi connectivity index (χ1n) is 13.5. The van der Waals surface area contributed by atoms with Crippen LogP contribution in [0.25, 0.3) is 11.3 Å². The second-order valence-electron chi connectivity index (χ2n) is 9.25. The van der Waals surface area contributed by atoms with Crippen LogP contribution in [0.2, 0.25) is 0 Å². The molecule has 3 N–H and O–H groups in total. The van der Waals surface area contributed by atoms with E-state index in [9.17, 15) is 5.11 Å². The van der Waals surface area contributed by atoms with Crippen molar-refractivity contribution in [2.75, 3.05) is 58.7 Å². The van der Waals surface area contributed by atoms with Crippen LogP contribution in [0.15, 0.2) is 53.8 Å². The number of hydrogen-bond donors (Lipinski definition) is 3. The number of aryl methyl sites for hydroxylation is 1. The average Bonchev–Trinajstić information content (AvgIpc) is 3.11. The minimum Gasteiger partial charge on any atom is -0.508 e. The van der Waals surface area contributed by atoms with Gasteiger partial charge in [-0.15, -0.1) is 0 Å². The molecule has 1 heterocycles.